The Balaban J connectivity index is 1.72. The van der Waals surface area contributed by atoms with Crippen LogP contribution in [0.2, 0.25) is 0 Å². The lowest BCUT2D eigenvalue weighted by Gasteiger charge is -2.25. The van der Waals surface area contributed by atoms with Gasteiger partial charge in [0.2, 0.25) is 0 Å². The smallest absolute Gasteiger partial charge is 0.275 e. The van der Waals surface area contributed by atoms with E-state index in [4.69, 9.17) is 0 Å². The number of nitrogens with zero attached hydrogens (tertiary/aromatic N) is 4. The van der Waals surface area contributed by atoms with Crippen LogP contribution in [0.1, 0.15) is 40.1 Å². The van der Waals surface area contributed by atoms with Crippen molar-refractivity contribution in [3.8, 4) is 0 Å². The van der Waals surface area contributed by atoms with Crippen molar-refractivity contribution in [2.45, 2.75) is 25.8 Å². The fourth-order valence-electron chi connectivity index (χ4n) is 2.66. The number of carbonyl (C=O) groups excluding carboxylic acids is 2. The molecule has 0 atom stereocenters. The number of aromatic nitrogens is 3. The minimum absolute atomic E-state index is 0.136. The molecule has 0 spiro atoms. The SMILES string of the molecule is CN(C)C(=O)c1ccnc(NC(=O)c2ccnn2CC2CCC2)c1. The Morgan fingerprint density at radius 1 is 1.29 bits per heavy atom. The van der Waals surface area contributed by atoms with Crippen molar-refractivity contribution in [3.05, 3.63) is 41.9 Å². The summed E-state index contributed by atoms with van der Waals surface area (Å²) in [7, 11) is 3.36. The lowest BCUT2D eigenvalue weighted by molar-refractivity contribution is 0.0827. The molecule has 0 radical (unpaired) electrons. The number of hydrogen-bond acceptors (Lipinski definition) is 4. The van der Waals surface area contributed by atoms with Crippen molar-refractivity contribution in [1.82, 2.24) is 19.7 Å². The molecule has 7 heteroatoms. The summed E-state index contributed by atoms with van der Waals surface area (Å²) in [4.78, 5) is 30.1. The summed E-state index contributed by atoms with van der Waals surface area (Å²) in [6.45, 7) is 0.766. The van der Waals surface area contributed by atoms with Gasteiger partial charge >= 0.3 is 0 Å². The molecule has 3 rings (SSSR count). The molecule has 1 aliphatic rings. The zero-order valence-electron chi connectivity index (χ0n) is 13.9. The average molecular weight is 327 g/mol. The fraction of sp³-hybridized carbons (Fsp3) is 0.412. The first kappa shape index (κ1) is 16.2. The van der Waals surface area contributed by atoms with Crippen molar-refractivity contribution in [1.29, 1.82) is 0 Å². The number of nitrogens with one attached hydrogen (secondary N) is 1. The average Bonchev–Trinajstić information content (AvgIpc) is 2.98. The van der Waals surface area contributed by atoms with Crippen LogP contribution < -0.4 is 5.32 Å². The molecule has 2 heterocycles. The second kappa shape index (κ2) is 6.82. The molecule has 1 saturated carbocycles. The van der Waals surface area contributed by atoms with Gasteiger partial charge < -0.3 is 10.2 Å². The van der Waals surface area contributed by atoms with E-state index in [9.17, 15) is 9.59 Å². The van der Waals surface area contributed by atoms with Crippen LogP contribution in [0.5, 0.6) is 0 Å². The normalized spacial score (nSPS) is 14.1. The number of anilines is 1. The molecule has 24 heavy (non-hydrogen) atoms. The van der Waals surface area contributed by atoms with Crippen molar-refractivity contribution in [2.75, 3.05) is 19.4 Å². The van der Waals surface area contributed by atoms with Gasteiger partial charge in [-0.25, -0.2) is 4.98 Å². The van der Waals surface area contributed by atoms with Gasteiger partial charge in [0, 0.05) is 38.6 Å². The van der Waals surface area contributed by atoms with Gasteiger partial charge in [-0.1, -0.05) is 6.42 Å². The van der Waals surface area contributed by atoms with Crippen LogP contribution in [-0.2, 0) is 6.54 Å². The first-order valence-corrected chi connectivity index (χ1v) is 8.05. The quantitative estimate of drug-likeness (QED) is 0.911. The van der Waals surface area contributed by atoms with Gasteiger partial charge in [0.15, 0.2) is 0 Å². The molecule has 1 N–H and O–H groups in total. The van der Waals surface area contributed by atoms with E-state index in [0.717, 1.165) is 6.54 Å². The number of carbonyl (C=O) groups is 2. The van der Waals surface area contributed by atoms with Crippen molar-refractivity contribution in [3.63, 3.8) is 0 Å². The minimum atomic E-state index is -0.270. The molecule has 0 aliphatic heterocycles. The highest BCUT2D eigenvalue weighted by atomic mass is 16.2. The lowest BCUT2D eigenvalue weighted by Crippen LogP contribution is -2.24. The van der Waals surface area contributed by atoms with E-state index in [-0.39, 0.29) is 11.8 Å². The highest BCUT2D eigenvalue weighted by Gasteiger charge is 2.21. The molecule has 0 unspecified atom stereocenters. The van der Waals surface area contributed by atoms with E-state index >= 15 is 0 Å². The minimum Gasteiger partial charge on any atom is -0.345 e. The highest BCUT2D eigenvalue weighted by molar-refractivity contribution is 6.03. The van der Waals surface area contributed by atoms with Crippen LogP contribution in [0, 0.1) is 5.92 Å². The van der Waals surface area contributed by atoms with Crippen LogP contribution in [0.15, 0.2) is 30.6 Å². The third-order valence-electron chi connectivity index (χ3n) is 4.26. The van der Waals surface area contributed by atoms with E-state index in [2.05, 4.69) is 15.4 Å². The molecule has 1 fully saturated rings. The predicted molar refractivity (Wildman–Crippen MR) is 89.8 cm³/mol. The van der Waals surface area contributed by atoms with Gasteiger partial charge in [-0.3, -0.25) is 14.3 Å². The van der Waals surface area contributed by atoms with Crippen LogP contribution in [0.25, 0.3) is 0 Å². The Labute approximate surface area is 140 Å². The van der Waals surface area contributed by atoms with E-state index in [0.29, 0.717) is 23.0 Å². The first-order chi connectivity index (χ1) is 11.5. The molecule has 0 aromatic carbocycles. The molecule has 7 nitrogen and oxygen atoms in total. The summed E-state index contributed by atoms with van der Waals surface area (Å²) < 4.78 is 1.74. The first-order valence-electron chi connectivity index (χ1n) is 8.05. The lowest BCUT2D eigenvalue weighted by atomic mass is 9.85. The van der Waals surface area contributed by atoms with Crippen molar-refractivity contribution < 1.29 is 9.59 Å². The predicted octanol–water partition coefficient (Wildman–Crippen LogP) is 2.03. The Bertz CT molecular complexity index is 749. The maximum atomic E-state index is 12.5. The molecule has 2 aromatic heterocycles. The van der Waals surface area contributed by atoms with Crippen molar-refractivity contribution >= 4 is 17.6 Å². The number of pyridine rings is 1. The topological polar surface area (TPSA) is 80.1 Å². The molecule has 1 aliphatic carbocycles. The number of amides is 2. The standard InChI is InChI=1S/C17H21N5O2/c1-21(2)17(24)13-6-8-18-15(10-13)20-16(23)14-7-9-19-22(14)11-12-4-3-5-12/h6-10,12H,3-5,11H2,1-2H3,(H,18,20,23). The summed E-state index contributed by atoms with van der Waals surface area (Å²) in [6, 6.07) is 4.90. The van der Waals surface area contributed by atoms with Crippen LogP contribution in [0.3, 0.4) is 0 Å². The molecule has 0 bridgehead atoms. The van der Waals surface area contributed by atoms with Gasteiger partial charge in [-0.15, -0.1) is 0 Å². The van der Waals surface area contributed by atoms with E-state index in [1.165, 1.54) is 30.4 Å². The van der Waals surface area contributed by atoms with E-state index in [1.54, 1.807) is 43.2 Å². The number of hydrogen-bond donors (Lipinski definition) is 1. The maximum Gasteiger partial charge on any atom is 0.275 e. The van der Waals surface area contributed by atoms with Gasteiger partial charge in [0.05, 0.1) is 0 Å². The molecule has 2 aromatic rings. The van der Waals surface area contributed by atoms with Crippen LogP contribution >= 0.6 is 0 Å². The Kier molecular flexibility index (Phi) is 4.59. The summed E-state index contributed by atoms with van der Waals surface area (Å²) in [5.74, 6) is 0.552. The van der Waals surface area contributed by atoms with Gasteiger partial charge in [-0.2, -0.15) is 5.10 Å². The second-order valence-corrected chi connectivity index (χ2v) is 6.28. The molecular weight excluding hydrogens is 306 g/mol. The summed E-state index contributed by atoms with van der Waals surface area (Å²) >= 11 is 0. The van der Waals surface area contributed by atoms with E-state index < -0.39 is 0 Å². The largest absolute Gasteiger partial charge is 0.345 e. The fourth-order valence-corrected chi connectivity index (χ4v) is 2.66. The maximum absolute atomic E-state index is 12.5. The monoisotopic (exact) mass is 327 g/mol. The van der Waals surface area contributed by atoms with Crippen molar-refractivity contribution in [2.24, 2.45) is 5.92 Å². The third kappa shape index (κ3) is 3.45. The molecule has 126 valence electrons. The van der Waals surface area contributed by atoms with E-state index in [1.807, 2.05) is 0 Å². The number of rotatable bonds is 5. The third-order valence-corrected chi connectivity index (χ3v) is 4.26. The van der Waals surface area contributed by atoms with Gasteiger partial charge in [0.1, 0.15) is 11.5 Å². The van der Waals surface area contributed by atoms with Crippen LogP contribution in [-0.4, -0.2) is 45.6 Å². The van der Waals surface area contributed by atoms with Crippen LogP contribution in [0.4, 0.5) is 5.82 Å². The highest BCUT2D eigenvalue weighted by Crippen LogP contribution is 2.28. The Hall–Kier alpha value is -2.70. The van der Waals surface area contributed by atoms with Gasteiger partial charge in [0.25, 0.3) is 11.8 Å². The second-order valence-electron chi connectivity index (χ2n) is 6.28. The molecule has 0 saturated heterocycles. The molecular formula is C17H21N5O2. The molecule has 2 amide bonds. The Morgan fingerprint density at radius 2 is 2.08 bits per heavy atom. The summed E-state index contributed by atoms with van der Waals surface area (Å²) in [5.41, 5.74) is 0.987. The zero-order valence-corrected chi connectivity index (χ0v) is 13.9. The summed E-state index contributed by atoms with van der Waals surface area (Å²) in [5, 5.41) is 6.99. The zero-order chi connectivity index (χ0) is 17.1. The van der Waals surface area contributed by atoms with Gasteiger partial charge in [-0.05, 0) is 37.0 Å². The summed E-state index contributed by atoms with van der Waals surface area (Å²) in [6.07, 6.45) is 6.78. The Morgan fingerprint density at radius 3 is 2.75 bits per heavy atom.